The molecule has 1 fully saturated rings. The van der Waals surface area contributed by atoms with Gasteiger partial charge in [-0.05, 0) is 18.9 Å². The monoisotopic (exact) mass is 225 g/mol. The van der Waals surface area contributed by atoms with Gasteiger partial charge in [0.15, 0.2) is 0 Å². The lowest BCUT2D eigenvalue weighted by molar-refractivity contribution is -0.0334. The molecule has 0 amide bonds. The third-order valence-corrected chi connectivity index (χ3v) is 2.60. The van der Waals surface area contributed by atoms with Gasteiger partial charge in [-0.15, -0.1) is 0 Å². The van der Waals surface area contributed by atoms with Gasteiger partial charge in [0.25, 0.3) is 0 Å². The fourth-order valence-electron chi connectivity index (χ4n) is 1.84. The summed E-state index contributed by atoms with van der Waals surface area (Å²) in [4.78, 5) is 15.2. The molecule has 6 nitrogen and oxygen atoms in total. The average molecular weight is 225 g/mol. The van der Waals surface area contributed by atoms with Crippen LogP contribution >= 0.6 is 0 Å². The Kier molecular flexibility index (Phi) is 3.21. The van der Waals surface area contributed by atoms with Crippen LogP contribution in [0, 0.1) is 0 Å². The molecule has 88 valence electrons. The molecule has 0 radical (unpaired) electrons. The first-order valence-electron chi connectivity index (χ1n) is 5.20. The molecule has 16 heavy (non-hydrogen) atoms. The highest BCUT2D eigenvalue weighted by Gasteiger charge is 2.27. The second-order valence-electron chi connectivity index (χ2n) is 3.79. The molecule has 2 N–H and O–H groups in total. The molecule has 0 aromatic carbocycles. The minimum atomic E-state index is -0.372. The lowest BCUT2D eigenvalue weighted by Crippen LogP contribution is -2.27. The normalized spacial score (nSPS) is 24.8. The molecular weight excluding hydrogens is 210 g/mol. The molecule has 1 aromatic rings. The van der Waals surface area contributed by atoms with Crippen molar-refractivity contribution in [2.75, 3.05) is 19.5 Å². The number of anilines is 1. The summed E-state index contributed by atoms with van der Waals surface area (Å²) in [5.41, 5.74) is 5.04. The van der Waals surface area contributed by atoms with E-state index in [0.717, 1.165) is 12.8 Å². The zero-order valence-corrected chi connectivity index (χ0v) is 9.13. The molecule has 0 spiro atoms. The average Bonchev–Trinajstić information content (AvgIpc) is 2.67. The van der Waals surface area contributed by atoms with Crippen LogP contribution in [-0.4, -0.2) is 29.4 Å². The first kappa shape index (κ1) is 11.1. The molecule has 2 rings (SSSR count). The first-order chi connectivity index (χ1) is 7.70. The maximum Gasteiger partial charge on any atom is 0.351 e. The number of hydrogen-bond acceptors (Lipinski definition) is 5. The van der Waals surface area contributed by atoms with Crippen molar-refractivity contribution in [1.82, 2.24) is 9.55 Å². The Morgan fingerprint density at radius 3 is 3.19 bits per heavy atom. The molecule has 2 heterocycles. The molecule has 6 heteroatoms. The minimum absolute atomic E-state index is 0.0550. The SMILES string of the molecule is COC[C@@H]1CC[C@H](n2ccc(N)nc2=O)O1. The summed E-state index contributed by atoms with van der Waals surface area (Å²) in [5.74, 6) is 0.229. The quantitative estimate of drug-likeness (QED) is 0.792. The van der Waals surface area contributed by atoms with E-state index in [2.05, 4.69) is 4.98 Å². The van der Waals surface area contributed by atoms with Crippen LogP contribution in [0.3, 0.4) is 0 Å². The Labute approximate surface area is 93.0 Å². The summed E-state index contributed by atoms with van der Waals surface area (Å²) >= 11 is 0. The second kappa shape index (κ2) is 4.63. The third kappa shape index (κ3) is 2.23. The van der Waals surface area contributed by atoms with Crippen LogP contribution in [0.15, 0.2) is 17.1 Å². The molecule has 1 aromatic heterocycles. The Balaban J connectivity index is 2.11. The maximum atomic E-state index is 11.6. The fourth-order valence-corrected chi connectivity index (χ4v) is 1.84. The third-order valence-electron chi connectivity index (χ3n) is 2.60. The molecule has 1 aliphatic rings. The van der Waals surface area contributed by atoms with E-state index < -0.39 is 0 Å². The van der Waals surface area contributed by atoms with Crippen molar-refractivity contribution in [3.63, 3.8) is 0 Å². The number of ether oxygens (including phenoxy) is 2. The van der Waals surface area contributed by atoms with Gasteiger partial charge in [-0.1, -0.05) is 0 Å². The van der Waals surface area contributed by atoms with Crippen LogP contribution in [0.1, 0.15) is 19.1 Å². The molecular formula is C10H15N3O3. The number of hydrogen-bond donors (Lipinski definition) is 1. The van der Waals surface area contributed by atoms with Crippen LogP contribution in [-0.2, 0) is 9.47 Å². The van der Waals surface area contributed by atoms with Crippen LogP contribution in [0.5, 0.6) is 0 Å². The number of nitrogens with zero attached hydrogens (tertiary/aromatic N) is 2. The highest BCUT2D eigenvalue weighted by molar-refractivity contribution is 5.23. The summed E-state index contributed by atoms with van der Waals surface area (Å²) in [6.07, 6.45) is 3.10. The van der Waals surface area contributed by atoms with Gasteiger partial charge in [0.2, 0.25) is 0 Å². The van der Waals surface area contributed by atoms with Gasteiger partial charge in [-0.25, -0.2) is 4.79 Å². The fraction of sp³-hybridized carbons (Fsp3) is 0.600. The number of rotatable bonds is 3. The van der Waals surface area contributed by atoms with Crippen molar-refractivity contribution in [2.45, 2.75) is 25.2 Å². The summed E-state index contributed by atoms with van der Waals surface area (Å²) in [6.45, 7) is 0.549. The van der Waals surface area contributed by atoms with Crippen LogP contribution in [0.4, 0.5) is 5.82 Å². The van der Waals surface area contributed by atoms with Crippen LogP contribution < -0.4 is 11.4 Å². The largest absolute Gasteiger partial charge is 0.383 e. The van der Waals surface area contributed by atoms with Gasteiger partial charge < -0.3 is 15.2 Å². The smallest absolute Gasteiger partial charge is 0.351 e. The van der Waals surface area contributed by atoms with Crippen LogP contribution in [0.2, 0.25) is 0 Å². The second-order valence-corrected chi connectivity index (χ2v) is 3.79. The van der Waals surface area contributed by atoms with Crippen molar-refractivity contribution in [2.24, 2.45) is 0 Å². The minimum Gasteiger partial charge on any atom is -0.383 e. The van der Waals surface area contributed by atoms with E-state index >= 15 is 0 Å². The highest BCUT2D eigenvalue weighted by Crippen LogP contribution is 2.26. The zero-order chi connectivity index (χ0) is 11.5. The lowest BCUT2D eigenvalue weighted by Gasteiger charge is -2.14. The molecule has 2 atom stereocenters. The van der Waals surface area contributed by atoms with Crippen molar-refractivity contribution in [3.05, 3.63) is 22.7 Å². The Hall–Kier alpha value is -1.40. The lowest BCUT2D eigenvalue weighted by atomic mass is 10.2. The number of aromatic nitrogens is 2. The topological polar surface area (TPSA) is 79.4 Å². The molecule has 0 saturated carbocycles. The molecule has 0 aliphatic carbocycles. The van der Waals surface area contributed by atoms with E-state index in [1.807, 2.05) is 0 Å². The summed E-state index contributed by atoms with van der Waals surface area (Å²) in [5, 5.41) is 0. The van der Waals surface area contributed by atoms with Gasteiger partial charge >= 0.3 is 5.69 Å². The van der Waals surface area contributed by atoms with E-state index in [0.29, 0.717) is 6.61 Å². The van der Waals surface area contributed by atoms with Gasteiger partial charge in [0.1, 0.15) is 12.0 Å². The number of methoxy groups -OCH3 is 1. The van der Waals surface area contributed by atoms with Gasteiger partial charge in [0, 0.05) is 13.3 Å². The van der Waals surface area contributed by atoms with E-state index in [9.17, 15) is 4.79 Å². The Morgan fingerprint density at radius 2 is 2.50 bits per heavy atom. The van der Waals surface area contributed by atoms with Gasteiger partial charge in [0.05, 0.1) is 12.7 Å². The zero-order valence-electron chi connectivity index (χ0n) is 9.13. The van der Waals surface area contributed by atoms with E-state index in [4.69, 9.17) is 15.2 Å². The van der Waals surface area contributed by atoms with Crippen molar-refractivity contribution in [1.29, 1.82) is 0 Å². The number of nitrogens with two attached hydrogens (primary N) is 1. The maximum absolute atomic E-state index is 11.6. The Bertz CT molecular complexity index is 418. The summed E-state index contributed by atoms with van der Waals surface area (Å²) in [6, 6.07) is 1.59. The van der Waals surface area contributed by atoms with E-state index in [-0.39, 0.29) is 23.8 Å². The van der Waals surface area contributed by atoms with E-state index in [1.54, 1.807) is 19.4 Å². The first-order valence-corrected chi connectivity index (χ1v) is 5.20. The molecule has 1 aliphatic heterocycles. The standard InChI is InChI=1S/C10H15N3O3/c1-15-6-7-2-3-9(16-7)13-5-4-8(11)12-10(13)14/h4-5,7,9H,2-3,6H2,1H3,(H2,11,12,14)/t7-,9+/m0/s1. The van der Waals surface area contributed by atoms with Crippen molar-refractivity contribution < 1.29 is 9.47 Å². The van der Waals surface area contributed by atoms with Crippen molar-refractivity contribution >= 4 is 5.82 Å². The van der Waals surface area contributed by atoms with Crippen molar-refractivity contribution in [3.8, 4) is 0 Å². The van der Waals surface area contributed by atoms with Crippen LogP contribution in [0.25, 0.3) is 0 Å². The summed E-state index contributed by atoms with van der Waals surface area (Å²) in [7, 11) is 1.63. The summed E-state index contributed by atoms with van der Waals surface area (Å²) < 4.78 is 12.1. The number of nitrogen functional groups attached to an aromatic ring is 1. The van der Waals surface area contributed by atoms with Gasteiger partial charge in [-0.3, -0.25) is 4.57 Å². The highest BCUT2D eigenvalue weighted by atomic mass is 16.5. The predicted molar refractivity (Wildman–Crippen MR) is 57.9 cm³/mol. The van der Waals surface area contributed by atoms with E-state index in [1.165, 1.54) is 4.57 Å². The molecule has 0 bridgehead atoms. The predicted octanol–water partition coefficient (Wildman–Crippen LogP) is 0.150. The Morgan fingerprint density at radius 1 is 1.69 bits per heavy atom. The van der Waals surface area contributed by atoms with Gasteiger partial charge in [-0.2, -0.15) is 4.98 Å². The molecule has 0 unspecified atom stereocenters. The molecule has 1 saturated heterocycles.